The molecule has 0 aromatic carbocycles. The number of anilines is 1. The summed E-state index contributed by atoms with van der Waals surface area (Å²) in [5, 5.41) is 2.28. The average Bonchev–Trinajstić information content (AvgIpc) is 2.52. The number of carbonyl (C=O) groups excluding carboxylic acids is 1. The third kappa shape index (κ3) is 2.72. The number of amides is 1. The number of alkyl halides is 3. The van der Waals surface area contributed by atoms with Crippen LogP contribution in [0.5, 0.6) is 0 Å². The number of aromatic nitrogens is 1. The molecule has 1 aliphatic heterocycles. The van der Waals surface area contributed by atoms with Crippen LogP contribution in [-0.4, -0.2) is 36.2 Å². The summed E-state index contributed by atoms with van der Waals surface area (Å²) in [6.07, 6.45) is -1.49. The molecule has 18 heavy (non-hydrogen) atoms. The van der Waals surface area contributed by atoms with Gasteiger partial charge in [-0.25, -0.2) is 0 Å². The molecule has 1 atom stereocenters. The zero-order valence-corrected chi connectivity index (χ0v) is 9.44. The number of pyridine rings is 1. The van der Waals surface area contributed by atoms with E-state index in [1.54, 1.807) is 12.1 Å². The molecule has 7 heteroatoms. The maximum Gasteiger partial charge on any atom is 0.410 e. The molecule has 1 unspecified atom stereocenters. The summed E-state index contributed by atoms with van der Waals surface area (Å²) in [5.41, 5.74) is 0.372. The van der Waals surface area contributed by atoms with Gasteiger partial charge in [0.1, 0.15) is 6.04 Å². The van der Waals surface area contributed by atoms with Gasteiger partial charge >= 0.3 is 6.18 Å². The largest absolute Gasteiger partial charge is 0.410 e. The third-order valence-corrected chi connectivity index (χ3v) is 2.80. The lowest BCUT2D eigenvalue weighted by molar-refractivity contribution is -0.147. The second kappa shape index (κ2) is 4.83. The van der Waals surface area contributed by atoms with Crippen LogP contribution in [0.3, 0.4) is 0 Å². The Morgan fingerprint density at radius 1 is 1.44 bits per heavy atom. The van der Waals surface area contributed by atoms with Crippen molar-refractivity contribution in [2.24, 2.45) is 0 Å². The molecule has 1 saturated heterocycles. The van der Waals surface area contributed by atoms with Crippen molar-refractivity contribution in [2.75, 3.05) is 18.0 Å². The van der Waals surface area contributed by atoms with Crippen molar-refractivity contribution in [1.82, 2.24) is 10.3 Å². The Labute approximate surface area is 102 Å². The smallest absolute Gasteiger partial charge is 0.357 e. The summed E-state index contributed by atoms with van der Waals surface area (Å²) in [7, 11) is 0. The number of nitrogens with one attached hydrogen (secondary N) is 1. The lowest BCUT2D eigenvalue weighted by Crippen LogP contribution is -2.50. The van der Waals surface area contributed by atoms with Crippen LogP contribution >= 0.6 is 0 Å². The quantitative estimate of drug-likeness (QED) is 0.827. The van der Waals surface area contributed by atoms with Crippen LogP contribution in [0.4, 0.5) is 18.9 Å². The molecule has 0 spiro atoms. The Morgan fingerprint density at radius 2 is 2.22 bits per heavy atom. The summed E-state index contributed by atoms with van der Waals surface area (Å²) < 4.78 is 38.9. The Kier molecular flexibility index (Phi) is 3.40. The number of halogens is 3. The minimum absolute atomic E-state index is 0.0295. The molecule has 1 aromatic rings. The molecule has 0 aliphatic carbocycles. The minimum Gasteiger partial charge on any atom is -0.357 e. The van der Waals surface area contributed by atoms with Crippen molar-refractivity contribution >= 4 is 11.6 Å². The van der Waals surface area contributed by atoms with Gasteiger partial charge in [-0.3, -0.25) is 9.78 Å². The van der Waals surface area contributed by atoms with Crippen LogP contribution in [0.25, 0.3) is 0 Å². The maximum atomic E-state index is 13.0. The van der Waals surface area contributed by atoms with Crippen LogP contribution in [-0.2, 0) is 4.79 Å². The van der Waals surface area contributed by atoms with Gasteiger partial charge in [0.15, 0.2) is 0 Å². The first-order chi connectivity index (χ1) is 8.48. The molecule has 98 valence electrons. The van der Waals surface area contributed by atoms with Gasteiger partial charge in [0.25, 0.3) is 0 Å². The Balaban J connectivity index is 2.30. The van der Waals surface area contributed by atoms with E-state index in [0.29, 0.717) is 5.69 Å². The van der Waals surface area contributed by atoms with Gasteiger partial charge in [-0.15, -0.1) is 0 Å². The average molecular weight is 259 g/mol. The summed E-state index contributed by atoms with van der Waals surface area (Å²) in [5.74, 6) is -0.365. The van der Waals surface area contributed by atoms with E-state index in [1.807, 2.05) is 0 Å². The fourth-order valence-corrected chi connectivity index (χ4v) is 1.91. The van der Waals surface area contributed by atoms with E-state index in [4.69, 9.17) is 0 Å². The third-order valence-electron chi connectivity index (χ3n) is 2.80. The van der Waals surface area contributed by atoms with Gasteiger partial charge in [0.05, 0.1) is 11.9 Å². The maximum absolute atomic E-state index is 13.0. The molecule has 0 bridgehead atoms. The number of carbonyl (C=O) groups is 1. The number of rotatable bonds is 1. The van der Waals surface area contributed by atoms with Crippen molar-refractivity contribution in [2.45, 2.75) is 18.6 Å². The standard InChI is InChI=1S/C11H12F3N3O/c12-11(13,14)9-7-16-10(18)3-5-17(9)8-2-1-4-15-6-8/h1-2,4,6,9H,3,5,7H2,(H,16,18). The predicted octanol–water partition coefficient (Wildman–Crippen LogP) is 1.34. The van der Waals surface area contributed by atoms with Crippen molar-refractivity contribution in [3.63, 3.8) is 0 Å². The lowest BCUT2D eigenvalue weighted by atomic mass is 10.2. The molecule has 1 fully saturated rings. The van der Waals surface area contributed by atoms with E-state index >= 15 is 0 Å². The van der Waals surface area contributed by atoms with Gasteiger partial charge in [0, 0.05) is 25.7 Å². The van der Waals surface area contributed by atoms with E-state index in [1.165, 1.54) is 17.3 Å². The summed E-state index contributed by atoms with van der Waals surface area (Å²) in [6.45, 7) is -0.404. The van der Waals surface area contributed by atoms with E-state index in [9.17, 15) is 18.0 Å². The second-order valence-corrected chi connectivity index (χ2v) is 4.02. The van der Waals surface area contributed by atoms with Gasteiger partial charge in [-0.05, 0) is 12.1 Å². The first-order valence-electron chi connectivity index (χ1n) is 5.48. The molecule has 2 heterocycles. The first-order valence-corrected chi connectivity index (χ1v) is 5.48. The molecule has 2 rings (SSSR count). The number of hydrogen-bond donors (Lipinski definition) is 1. The fraction of sp³-hybridized carbons (Fsp3) is 0.455. The molecule has 0 radical (unpaired) electrons. The highest BCUT2D eigenvalue weighted by Crippen LogP contribution is 2.29. The van der Waals surface area contributed by atoms with Crippen molar-refractivity contribution in [1.29, 1.82) is 0 Å². The van der Waals surface area contributed by atoms with Crippen LogP contribution in [0, 0.1) is 0 Å². The van der Waals surface area contributed by atoms with Crippen LogP contribution in [0.2, 0.25) is 0 Å². The summed E-state index contributed by atoms with van der Waals surface area (Å²) >= 11 is 0. The molecule has 4 nitrogen and oxygen atoms in total. The number of nitrogens with zero attached hydrogens (tertiary/aromatic N) is 2. The Bertz CT molecular complexity index is 421. The van der Waals surface area contributed by atoms with Gasteiger partial charge in [-0.1, -0.05) is 0 Å². The SMILES string of the molecule is O=C1CCN(c2cccnc2)C(C(F)(F)F)CN1. The van der Waals surface area contributed by atoms with E-state index < -0.39 is 18.8 Å². The van der Waals surface area contributed by atoms with Crippen LogP contribution < -0.4 is 10.2 Å². The van der Waals surface area contributed by atoms with Gasteiger partial charge < -0.3 is 10.2 Å². The molecule has 1 amide bonds. The van der Waals surface area contributed by atoms with Gasteiger partial charge in [0.2, 0.25) is 5.91 Å². The molecule has 1 N–H and O–H groups in total. The first kappa shape index (κ1) is 12.7. The highest BCUT2D eigenvalue weighted by atomic mass is 19.4. The molecular formula is C11H12F3N3O. The topological polar surface area (TPSA) is 45.2 Å². The molecular weight excluding hydrogens is 247 g/mol. The highest BCUT2D eigenvalue weighted by Gasteiger charge is 2.45. The van der Waals surface area contributed by atoms with Crippen molar-refractivity contribution in [3.8, 4) is 0 Å². The highest BCUT2D eigenvalue weighted by molar-refractivity contribution is 5.77. The Hall–Kier alpha value is -1.79. The van der Waals surface area contributed by atoms with E-state index in [0.717, 1.165) is 0 Å². The van der Waals surface area contributed by atoms with Crippen LogP contribution in [0.1, 0.15) is 6.42 Å². The Morgan fingerprint density at radius 3 is 2.83 bits per heavy atom. The summed E-state index contributed by atoms with van der Waals surface area (Å²) in [6, 6.07) is 1.41. The second-order valence-electron chi connectivity index (χ2n) is 4.02. The summed E-state index contributed by atoms with van der Waals surface area (Å²) in [4.78, 5) is 16.2. The van der Waals surface area contributed by atoms with E-state index in [2.05, 4.69) is 10.3 Å². The van der Waals surface area contributed by atoms with Crippen molar-refractivity contribution in [3.05, 3.63) is 24.5 Å². The van der Waals surface area contributed by atoms with Crippen molar-refractivity contribution < 1.29 is 18.0 Å². The minimum atomic E-state index is -4.40. The monoisotopic (exact) mass is 259 g/mol. The van der Waals surface area contributed by atoms with E-state index in [-0.39, 0.29) is 18.9 Å². The molecule has 1 aliphatic rings. The zero-order chi connectivity index (χ0) is 13.2. The fourth-order valence-electron chi connectivity index (χ4n) is 1.91. The van der Waals surface area contributed by atoms with Gasteiger partial charge in [-0.2, -0.15) is 13.2 Å². The lowest BCUT2D eigenvalue weighted by Gasteiger charge is -2.32. The van der Waals surface area contributed by atoms with Crippen LogP contribution in [0.15, 0.2) is 24.5 Å². The normalized spacial score (nSPS) is 21.4. The molecule has 0 saturated carbocycles. The number of hydrogen-bond acceptors (Lipinski definition) is 3. The molecule has 1 aromatic heterocycles. The zero-order valence-electron chi connectivity index (χ0n) is 9.44. The predicted molar refractivity (Wildman–Crippen MR) is 59.1 cm³/mol.